The molecule has 1 saturated heterocycles. The smallest absolute Gasteiger partial charge is 0.0126 e. The van der Waals surface area contributed by atoms with Crippen LogP contribution in [0.3, 0.4) is 0 Å². The number of nitrogens with one attached hydrogen (secondary N) is 1. The van der Waals surface area contributed by atoms with Crippen molar-refractivity contribution in [3.8, 4) is 0 Å². The lowest BCUT2D eigenvalue weighted by Gasteiger charge is -2.38. The van der Waals surface area contributed by atoms with Gasteiger partial charge in [0.25, 0.3) is 0 Å². The topological polar surface area (TPSA) is 15.3 Å². The molecule has 0 spiro atoms. The van der Waals surface area contributed by atoms with Crippen molar-refractivity contribution in [1.29, 1.82) is 0 Å². The average molecular weight is 250 g/mol. The van der Waals surface area contributed by atoms with Crippen molar-refractivity contribution in [3.05, 3.63) is 0 Å². The molecule has 3 aliphatic rings. The van der Waals surface area contributed by atoms with E-state index in [0.717, 1.165) is 23.8 Å². The molecule has 0 radical (unpaired) electrons. The molecule has 3 rings (SSSR count). The summed E-state index contributed by atoms with van der Waals surface area (Å²) in [6.45, 7) is 7.59. The van der Waals surface area contributed by atoms with Gasteiger partial charge in [-0.1, -0.05) is 13.3 Å². The van der Waals surface area contributed by atoms with Gasteiger partial charge in [0.2, 0.25) is 0 Å². The molecular formula is C16H30N2. The number of hydrogen-bond donors (Lipinski definition) is 1. The monoisotopic (exact) mass is 250 g/mol. The number of piperidine rings is 1. The second-order valence-electron chi connectivity index (χ2n) is 6.93. The largest absolute Gasteiger partial charge is 0.317 e. The van der Waals surface area contributed by atoms with Crippen LogP contribution in [0.15, 0.2) is 0 Å². The highest BCUT2D eigenvalue weighted by Gasteiger charge is 2.42. The maximum atomic E-state index is 3.50. The van der Waals surface area contributed by atoms with Crippen LogP contribution >= 0.6 is 0 Å². The summed E-state index contributed by atoms with van der Waals surface area (Å²) in [5.41, 5.74) is 0. The van der Waals surface area contributed by atoms with E-state index in [0.29, 0.717) is 0 Å². The summed E-state index contributed by atoms with van der Waals surface area (Å²) >= 11 is 0. The van der Waals surface area contributed by atoms with E-state index in [1.165, 1.54) is 64.7 Å². The van der Waals surface area contributed by atoms with E-state index >= 15 is 0 Å². The predicted molar refractivity (Wildman–Crippen MR) is 76.7 cm³/mol. The van der Waals surface area contributed by atoms with Gasteiger partial charge < -0.3 is 5.32 Å². The van der Waals surface area contributed by atoms with Gasteiger partial charge in [-0.05, 0) is 75.9 Å². The molecule has 3 unspecified atom stereocenters. The Balaban J connectivity index is 1.57. The van der Waals surface area contributed by atoms with Crippen molar-refractivity contribution < 1.29 is 0 Å². The third-order valence-corrected chi connectivity index (χ3v) is 5.63. The van der Waals surface area contributed by atoms with Crippen molar-refractivity contribution in [1.82, 2.24) is 10.2 Å². The van der Waals surface area contributed by atoms with E-state index in [-0.39, 0.29) is 0 Å². The van der Waals surface area contributed by atoms with Gasteiger partial charge in [-0.2, -0.15) is 0 Å². The molecule has 0 aromatic heterocycles. The standard InChI is InChI=1S/C16H30N2/c1-2-9-18(12-13-5-7-17-8-6-13)16-11-14-3-4-15(16)10-14/h13-17H,2-12H2,1H3. The SMILES string of the molecule is CCCN(CC1CCNCC1)C1CC2CCC1C2. The van der Waals surface area contributed by atoms with Gasteiger partial charge in [-0.3, -0.25) is 4.90 Å². The van der Waals surface area contributed by atoms with Gasteiger partial charge in [0, 0.05) is 12.6 Å². The summed E-state index contributed by atoms with van der Waals surface area (Å²) in [7, 11) is 0. The van der Waals surface area contributed by atoms with E-state index < -0.39 is 0 Å². The van der Waals surface area contributed by atoms with Crippen LogP contribution in [0.5, 0.6) is 0 Å². The van der Waals surface area contributed by atoms with Crippen LogP contribution in [0.1, 0.15) is 51.9 Å². The molecule has 3 atom stereocenters. The first-order valence-electron chi connectivity index (χ1n) is 8.31. The normalized spacial score (nSPS) is 36.7. The molecule has 0 aromatic rings. The molecule has 0 amide bonds. The fourth-order valence-corrected chi connectivity index (χ4v) is 4.73. The van der Waals surface area contributed by atoms with Crippen LogP contribution in [-0.2, 0) is 0 Å². The molecule has 2 aliphatic carbocycles. The van der Waals surface area contributed by atoms with Crippen LogP contribution in [0.2, 0.25) is 0 Å². The Morgan fingerprint density at radius 1 is 1.06 bits per heavy atom. The highest BCUT2D eigenvalue weighted by atomic mass is 15.2. The van der Waals surface area contributed by atoms with E-state index in [1.54, 1.807) is 6.42 Å². The minimum atomic E-state index is 0.957. The molecular weight excluding hydrogens is 220 g/mol. The van der Waals surface area contributed by atoms with Gasteiger partial charge >= 0.3 is 0 Å². The van der Waals surface area contributed by atoms with Gasteiger partial charge in [-0.25, -0.2) is 0 Å². The molecule has 2 nitrogen and oxygen atoms in total. The van der Waals surface area contributed by atoms with Crippen molar-refractivity contribution in [2.75, 3.05) is 26.2 Å². The summed E-state index contributed by atoms with van der Waals surface area (Å²) in [5.74, 6) is 3.12. The van der Waals surface area contributed by atoms with Gasteiger partial charge in [0.05, 0.1) is 0 Å². The fourth-order valence-electron chi connectivity index (χ4n) is 4.73. The number of fused-ring (bicyclic) bond motifs is 2. The molecule has 1 N–H and O–H groups in total. The molecule has 1 aliphatic heterocycles. The first-order chi connectivity index (χ1) is 8.86. The minimum Gasteiger partial charge on any atom is -0.317 e. The van der Waals surface area contributed by atoms with Crippen LogP contribution < -0.4 is 5.32 Å². The molecule has 3 fully saturated rings. The van der Waals surface area contributed by atoms with Crippen molar-refractivity contribution in [3.63, 3.8) is 0 Å². The van der Waals surface area contributed by atoms with E-state index in [1.807, 2.05) is 0 Å². The lowest BCUT2D eigenvalue weighted by Crippen LogP contribution is -2.44. The van der Waals surface area contributed by atoms with Gasteiger partial charge in [0.15, 0.2) is 0 Å². The lowest BCUT2D eigenvalue weighted by molar-refractivity contribution is 0.112. The molecule has 2 saturated carbocycles. The molecule has 1 heterocycles. The highest BCUT2D eigenvalue weighted by molar-refractivity contribution is 4.95. The number of hydrogen-bond acceptors (Lipinski definition) is 2. The van der Waals surface area contributed by atoms with Crippen LogP contribution in [0, 0.1) is 17.8 Å². The van der Waals surface area contributed by atoms with Crippen molar-refractivity contribution in [2.24, 2.45) is 17.8 Å². The fraction of sp³-hybridized carbons (Fsp3) is 1.00. The second kappa shape index (κ2) is 5.92. The quantitative estimate of drug-likeness (QED) is 0.807. The Kier molecular flexibility index (Phi) is 4.25. The van der Waals surface area contributed by atoms with Crippen LogP contribution in [0.4, 0.5) is 0 Å². The summed E-state index contributed by atoms with van der Waals surface area (Å²) < 4.78 is 0. The van der Waals surface area contributed by atoms with Crippen molar-refractivity contribution in [2.45, 2.75) is 57.9 Å². The zero-order valence-corrected chi connectivity index (χ0v) is 12.0. The maximum Gasteiger partial charge on any atom is 0.0126 e. The maximum absolute atomic E-state index is 3.50. The first-order valence-corrected chi connectivity index (χ1v) is 8.31. The Hall–Kier alpha value is -0.0800. The second-order valence-corrected chi connectivity index (χ2v) is 6.93. The van der Waals surface area contributed by atoms with Gasteiger partial charge in [-0.15, -0.1) is 0 Å². The van der Waals surface area contributed by atoms with E-state index in [9.17, 15) is 0 Å². The minimum absolute atomic E-state index is 0.957. The lowest BCUT2D eigenvalue weighted by atomic mass is 9.91. The predicted octanol–water partition coefficient (Wildman–Crippen LogP) is 2.89. The third-order valence-electron chi connectivity index (χ3n) is 5.63. The summed E-state index contributed by atoms with van der Waals surface area (Å²) in [6, 6.07) is 0.957. The highest BCUT2D eigenvalue weighted by Crippen LogP contribution is 2.46. The van der Waals surface area contributed by atoms with Gasteiger partial charge in [0.1, 0.15) is 0 Å². The zero-order chi connectivity index (χ0) is 12.4. The average Bonchev–Trinajstić information content (AvgIpc) is 3.02. The Labute approximate surface area is 113 Å². The Bertz CT molecular complexity index is 260. The molecule has 0 aromatic carbocycles. The Morgan fingerprint density at radius 2 is 1.89 bits per heavy atom. The first kappa shape index (κ1) is 12.9. The Morgan fingerprint density at radius 3 is 2.50 bits per heavy atom. The van der Waals surface area contributed by atoms with E-state index in [2.05, 4.69) is 17.1 Å². The summed E-state index contributed by atoms with van der Waals surface area (Å²) in [4.78, 5) is 2.89. The molecule has 2 bridgehead atoms. The summed E-state index contributed by atoms with van der Waals surface area (Å²) in [5, 5.41) is 3.50. The number of nitrogens with zero attached hydrogens (tertiary/aromatic N) is 1. The van der Waals surface area contributed by atoms with E-state index in [4.69, 9.17) is 0 Å². The zero-order valence-electron chi connectivity index (χ0n) is 12.0. The summed E-state index contributed by atoms with van der Waals surface area (Å²) in [6.07, 6.45) is 10.3. The molecule has 104 valence electrons. The van der Waals surface area contributed by atoms with Crippen LogP contribution in [0.25, 0.3) is 0 Å². The van der Waals surface area contributed by atoms with Crippen LogP contribution in [-0.4, -0.2) is 37.1 Å². The van der Waals surface area contributed by atoms with Crippen molar-refractivity contribution >= 4 is 0 Å². The molecule has 2 heteroatoms. The third kappa shape index (κ3) is 2.75. The number of rotatable bonds is 5. The molecule has 18 heavy (non-hydrogen) atoms.